The van der Waals surface area contributed by atoms with Crippen LogP contribution in [0.1, 0.15) is 45.9 Å². The Balaban J connectivity index is 1.90. The summed E-state index contributed by atoms with van der Waals surface area (Å²) in [5.41, 5.74) is 0. The fraction of sp³-hybridized carbons (Fsp3) is 0.824. The molecule has 0 aromatic carbocycles. The van der Waals surface area contributed by atoms with E-state index in [-0.39, 0.29) is 0 Å². The molecule has 0 aliphatic carbocycles. The number of nitrogens with zero attached hydrogens (tertiary/aromatic N) is 5. The molecular weight excluding hydrogens is 320 g/mol. The van der Waals surface area contributed by atoms with Gasteiger partial charge in [0.1, 0.15) is 5.82 Å². The zero-order valence-electron chi connectivity index (χ0n) is 15.6. The van der Waals surface area contributed by atoms with Crippen molar-refractivity contribution in [2.75, 3.05) is 32.4 Å². The van der Waals surface area contributed by atoms with Crippen molar-refractivity contribution in [2.45, 2.75) is 58.2 Å². The minimum absolute atomic E-state index is 0.596. The fourth-order valence-corrected chi connectivity index (χ4v) is 3.50. The average Bonchev–Trinajstić information content (AvgIpc) is 3.20. The molecular formula is C17H32N6S. The summed E-state index contributed by atoms with van der Waals surface area (Å²) in [5, 5.41) is 13.1. The lowest BCUT2D eigenvalue weighted by molar-refractivity contribution is 0.476. The van der Waals surface area contributed by atoms with Gasteiger partial charge in [0.2, 0.25) is 0 Å². The van der Waals surface area contributed by atoms with Crippen LogP contribution in [0.2, 0.25) is 0 Å². The number of rotatable bonds is 8. The van der Waals surface area contributed by atoms with Crippen molar-refractivity contribution >= 4 is 17.7 Å². The van der Waals surface area contributed by atoms with Crippen molar-refractivity contribution < 1.29 is 0 Å². The minimum atomic E-state index is 0.596. The predicted octanol–water partition coefficient (Wildman–Crippen LogP) is 2.65. The molecule has 1 fully saturated rings. The Kier molecular flexibility index (Phi) is 7.88. The first kappa shape index (κ1) is 19.1. The van der Waals surface area contributed by atoms with Gasteiger partial charge in [-0.3, -0.25) is 4.99 Å². The Morgan fingerprint density at radius 3 is 2.67 bits per heavy atom. The van der Waals surface area contributed by atoms with Crippen molar-refractivity contribution in [1.82, 2.24) is 25.0 Å². The third kappa shape index (κ3) is 5.40. The molecule has 0 spiro atoms. The lowest BCUT2D eigenvalue weighted by atomic mass is 10.2. The number of hydrogen-bond acceptors (Lipinski definition) is 4. The molecule has 1 aromatic heterocycles. The summed E-state index contributed by atoms with van der Waals surface area (Å²) in [6.07, 6.45) is 6.56. The monoisotopic (exact) mass is 352 g/mol. The summed E-state index contributed by atoms with van der Waals surface area (Å²) in [6.45, 7) is 11.6. The van der Waals surface area contributed by atoms with Gasteiger partial charge >= 0.3 is 0 Å². The molecule has 0 radical (unpaired) electrons. The summed E-state index contributed by atoms with van der Waals surface area (Å²) < 4.78 is 2.27. The summed E-state index contributed by atoms with van der Waals surface area (Å²) in [5.74, 6) is 2.76. The van der Waals surface area contributed by atoms with E-state index in [0.717, 1.165) is 62.5 Å². The summed E-state index contributed by atoms with van der Waals surface area (Å²) >= 11 is 1.67. The first-order valence-electron chi connectivity index (χ1n) is 9.15. The molecule has 136 valence electrons. The quantitative estimate of drug-likeness (QED) is 0.337. The predicted molar refractivity (Wildman–Crippen MR) is 102 cm³/mol. The number of aromatic nitrogens is 3. The molecule has 0 bridgehead atoms. The van der Waals surface area contributed by atoms with Gasteiger partial charge in [0.15, 0.2) is 11.1 Å². The molecule has 2 heterocycles. The number of guanidine groups is 1. The molecule has 1 aromatic rings. The topological polar surface area (TPSA) is 58.3 Å². The van der Waals surface area contributed by atoms with Crippen LogP contribution in [-0.2, 0) is 13.0 Å². The van der Waals surface area contributed by atoms with Crippen molar-refractivity contribution in [3.8, 4) is 0 Å². The highest BCUT2D eigenvalue weighted by molar-refractivity contribution is 7.98. The van der Waals surface area contributed by atoms with Crippen molar-refractivity contribution in [3.05, 3.63) is 5.82 Å². The first-order valence-corrected chi connectivity index (χ1v) is 10.4. The Hall–Kier alpha value is -1.24. The lowest BCUT2D eigenvalue weighted by Crippen LogP contribution is -2.39. The van der Waals surface area contributed by atoms with E-state index >= 15 is 0 Å². The molecule has 0 saturated carbocycles. The van der Waals surface area contributed by atoms with E-state index in [9.17, 15) is 0 Å². The molecule has 0 unspecified atom stereocenters. The van der Waals surface area contributed by atoms with E-state index in [2.05, 4.69) is 52.0 Å². The number of aryl methyl sites for hydroxylation is 1. The van der Waals surface area contributed by atoms with Gasteiger partial charge in [-0.05, 0) is 38.4 Å². The van der Waals surface area contributed by atoms with Gasteiger partial charge in [0.05, 0.1) is 0 Å². The van der Waals surface area contributed by atoms with Crippen LogP contribution in [0.15, 0.2) is 10.1 Å². The van der Waals surface area contributed by atoms with E-state index in [1.54, 1.807) is 11.8 Å². The van der Waals surface area contributed by atoms with Gasteiger partial charge in [0.25, 0.3) is 0 Å². The zero-order chi connectivity index (χ0) is 17.4. The third-order valence-electron chi connectivity index (χ3n) is 4.08. The second-order valence-corrected chi connectivity index (χ2v) is 7.41. The third-order valence-corrected chi connectivity index (χ3v) is 4.75. The Morgan fingerprint density at radius 2 is 2.04 bits per heavy atom. The van der Waals surface area contributed by atoms with Crippen molar-refractivity contribution in [2.24, 2.45) is 10.9 Å². The van der Waals surface area contributed by atoms with Crippen molar-refractivity contribution in [3.63, 3.8) is 0 Å². The van der Waals surface area contributed by atoms with Crippen LogP contribution in [0.5, 0.6) is 0 Å². The van der Waals surface area contributed by atoms with E-state index in [1.807, 2.05) is 0 Å². The van der Waals surface area contributed by atoms with Crippen LogP contribution in [0.25, 0.3) is 0 Å². The Morgan fingerprint density at radius 1 is 1.29 bits per heavy atom. The smallest absolute Gasteiger partial charge is 0.193 e. The van der Waals surface area contributed by atoms with Crippen LogP contribution < -0.4 is 5.32 Å². The molecule has 24 heavy (non-hydrogen) atoms. The van der Waals surface area contributed by atoms with Crippen LogP contribution in [0.3, 0.4) is 0 Å². The number of likely N-dealkylation sites (tertiary alicyclic amines) is 1. The number of nitrogens with one attached hydrogen (secondary N) is 1. The molecule has 1 saturated heterocycles. The number of hydrogen-bond donors (Lipinski definition) is 1. The van der Waals surface area contributed by atoms with Gasteiger partial charge < -0.3 is 14.8 Å². The molecule has 6 nitrogen and oxygen atoms in total. The maximum Gasteiger partial charge on any atom is 0.193 e. The largest absolute Gasteiger partial charge is 0.357 e. The van der Waals surface area contributed by atoms with Crippen LogP contribution in [-0.4, -0.2) is 58.1 Å². The number of aliphatic imine (C=N–C) groups is 1. The molecule has 2 rings (SSSR count). The fourth-order valence-electron chi connectivity index (χ4n) is 2.98. The molecule has 7 heteroatoms. The van der Waals surface area contributed by atoms with Crippen LogP contribution >= 0.6 is 11.8 Å². The van der Waals surface area contributed by atoms with Gasteiger partial charge in [-0.1, -0.05) is 25.6 Å². The molecule has 1 aliphatic rings. The SMILES string of the molecule is CCNC(=NCCCc1nnc(SC)n1CC(C)C)N1CCCC1. The maximum absolute atomic E-state index is 4.80. The van der Waals surface area contributed by atoms with E-state index in [4.69, 9.17) is 4.99 Å². The highest BCUT2D eigenvalue weighted by Crippen LogP contribution is 2.17. The van der Waals surface area contributed by atoms with Crippen molar-refractivity contribution in [1.29, 1.82) is 0 Å². The minimum Gasteiger partial charge on any atom is -0.357 e. The highest BCUT2D eigenvalue weighted by Gasteiger charge is 2.15. The molecule has 1 aliphatic heterocycles. The van der Waals surface area contributed by atoms with Gasteiger partial charge in [-0.15, -0.1) is 10.2 Å². The second-order valence-electron chi connectivity index (χ2n) is 6.64. The summed E-state index contributed by atoms with van der Waals surface area (Å²) in [6, 6.07) is 0. The van der Waals surface area contributed by atoms with Gasteiger partial charge in [-0.2, -0.15) is 0 Å². The van der Waals surface area contributed by atoms with Gasteiger partial charge in [0, 0.05) is 39.1 Å². The lowest BCUT2D eigenvalue weighted by Gasteiger charge is -2.20. The average molecular weight is 353 g/mol. The summed E-state index contributed by atoms with van der Waals surface area (Å²) in [4.78, 5) is 7.17. The van der Waals surface area contributed by atoms with Crippen LogP contribution in [0, 0.1) is 5.92 Å². The first-order chi connectivity index (χ1) is 11.7. The molecule has 1 N–H and O–H groups in total. The van der Waals surface area contributed by atoms with E-state index in [1.165, 1.54) is 12.8 Å². The molecule has 0 atom stereocenters. The molecule has 0 amide bonds. The normalized spacial score (nSPS) is 15.5. The summed E-state index contributed by atoms with van der Waals surface area (Å²) in [7, 11) is 0. The maximum atomic E-state index is 4.80. The standard InChI is InChI=1S/C17H32N6S/c1-5-18-16(22-11-6-7-12-22)19-10-8-9-15-20-21-17(24-4)23(15)13-14(2)3/h14H,5-13H2,1-4H3,(H,18,19). The highest BCUT2D eigenvalue weighted by atomic mass is 32.2. The second kappa shape index (κ2) is 9.91. The zero-order valence-corrected chi connectivity index (χ0v) is 16.4. The van der Waals surface area contributed by atoms with E-state index in [0.29, 0.717) is 5.92 Å². The van der Waals surface area contributed by atoms with Crippen LogP contribution in [0.4, 0.5) is 0 Å². The Bertz CT molecular complexity index is 519. The Labute approximate surface area is 150 Å². The number of thioether (sulfide) groups is 1. The van der Waals surface area contributed by atoms with E-state index < -0.39 is 0 Å². The van der Waals surface area contributed by atoms with Gasteiger partial charge in [-0.25, -0.2) is 0 Å².